The van der Waals surface area contributed by atoms with Crippen LogP contribution >= 0.6 is 0 Å². The molecule has 1 aliphatic rings. The van der Waals surface area contributed by atoms with Crippen molar-refractivity contribution in [1.29, 1.82) is 0 Å². The summed E-state index contributed by atoms with van der Waals surface area (Å²) in [4.78, 5) is 10.9. The predicted molar refractivity (Wildman–Crippen MR) is 81.4 cm³/mol. The zero-order chi connectivity index (χ0) is 23.2. The van der Waals surface area contributed by atoms with Crippen LogP contribution in [-0.4, -0.2) is 81.1 Å². The first kappa shape index (κ1) is 25.9. The molecule has 1 aromatic rings. The maximum Gasteiger partial charge on any atom is 0.673 e. The Hall–Kier alpha value is -2.11. The van der Waals surface area contributed by atoms with E-state index in [-0.39, 0.29) is 10.4 Å². The van der Waals surface area contributed by atoms with E-state index in [4.69, 9.17) is 4.74 Å². The van der Waals surface area contributed by atoms with Gasteiger partial charge < -0.3 is 31.5 Å². The summed E-state index contributed by atoms with van der Waals surface area (Å²) in [5.41, 5.74) is 0. The first-order valence-electron chi connectivity index (χ1n) is 7.92. The molecule has 1 saturated heterocycles. The van der Waals surface area contributed by atoms with Gasteiger partial charge in [0.1, 0.15) is 13.1 Å². The van der Waals surface area contributed by atoms with Crippen LogP contribution in [0, 0.1) is 0 Å². The molecule has 0 saturated carbocycles. The highest BCUT2D eigenvalue weighted by atomic mass is 19.5. The zero-order valence-electron chi connectivity index (χ0n) is 15.1. The van der Waals surface area contributed by atoms with Gasteiger partial charge in [-0.3, -0.25) is 4.48 Å². The quantitative estimate of drug-likeness (QED) is 0.380. The number of nitrogens with zero attached hydrogens (tertiary/aromatic N) is 4. The SMILES string of the molecule is C[N+]1(c2nc(OCC(F)(F)F)nc(OCC(F)(F)F)n2)CCOCC1.F[B-](F)(F)F. The van der Waals surface area contributed by atoms with Gasteiger partial charge in [0.15, 0.2) is 13.2 Å². The number of rotatable bonds is 5. The number of likely N-dealkylation sites (N-methyl/N-ethyl adjacent to an activating group) is 1. The zero-order valence-corrected chi connectivity index (χ0v) is 15.1. The van der Waals surface area contributed by atoms with Gasteiger partial charge in [0.25, 0.3) is 0 Å². The third-order valence-corrected chi connectivity index (χ3v) is 3.25. The van der Waals surface area contributed by atoms with Gasteiger partial charge in [0, 0.05) is 0 Å². The van der Waals surface area contributed by atoms with Crippen molar-refractivity contribution in [2.75, 3.05) is 46.6 Å². The number of quaternary nitrogens is 1. The minimum Gasteiger partial charge on any atom is -0.454 e. The van der Waals surface area contributed by atoms with Gasteiger partial charge in [-0.15, -0.1) is 15.0 Å². The lowest BCUT2D eigenvalue weighted by atomic mass is 10.3. The van der Waals surface area contributed by atoms with Gasteiger partial charge in [0.05, 0.1) is 20.3 Å². The van der Waals surface area contributed by atoms with Gasteiger partial charge in [-0.05, 0) is 0 Å². The molecule has 7 nitrogen and oxygen atoms in total. The average Bonchev–Trinajstić information content (AvgIpc) is 2.56. The average molecular weight is 464 g/mol. The highest BCUT2D eigenvalue weighted by Crippen LogP contribution is 2.25. The van der Waals surface area contributed by atoms with Gasteiger partial charge >= 0.3 is 37.6 Å². The number of hydrogen-bond acceptors (Lipinski definition) is 6. The summed E-state index contributed by atoms with van der Waals surface area (Å²) < 4.78 is 127. The number of alkyl halides is 6. The molecule has 0 bridgehead atoms. The molecular formula is C12H15BF10N4O3. The maximum atomic E-state index is 12.3. The molecule has 0 spiro atoms. The molecule has 1 aliphatic heterocycles. The number of hydrogen-bond donors (Lipinski definition) is 0. The second kappa shape index (κ2) is 9.80. The molecule has 0 atom stereocenters. The molecule has 174 valence electrons. The smallest absolute Gasteiger partial charge is 0.454 e. The Morgan fingerprint density at radius 3 is 1.53 bits per heavy atom. The van der Waals surface area contributed by atoms with Crippen molar-refractivity contribution in [2.24, 2.45) is 0 Å². The van der Waals surface area contributed by atoms with E-state index in [9.17, 15) is 43.6 Å². The minimum atomic E-state index is -6.00. The lowest BCUT2D eigenvalue weighted by Gasteiger charge is -2.34. The number of ether oxygens (including phenoxy) is 3. The summed E-state index contributed by atoms with van der Waals surface area (Å²) in [6, 6.07) is -1.52. The third kappa shape index (κ3) is 11.2. The number of halogens is 10. The predicted octanol–water partition coefficient (Wildman–Crippen LogP) is 3.02. The fourth-order valence-electron chi connectivity index (χ4n) is 1.94. The van der Waals surface area contributed by atoms with Crippen molar-refractivity contribution in [2.45, 2.75) is 12.4 Å². The summed E-state index contributed by atoms with van der Waals surface area (Å²) >= 11 is 0. The van der Waals surface area contributed by atoms with Crippen molar-refractivity contribution in [3.8, 4) is 12.0 Å². The van der Waals surface area contributed by atoms with E-state index in [2.05, 4.69) is 24.4 Å². The van der Waals surface area contributed by atoms with Gasteiger partial charge in [0.2, 0.25) is 0 Å². The molecule has 0 aliphatic carbocycles. The van der Waals surface area contributed by atoms with Crippen LogP contribution in [0.25, 0.3) is 0 Å². The van der Waals surface area contributed by atoms with Crippen LogP contribution in [0.15, 0.2) is 0 Å². The van der Waals surface area contributed by atoms with Crippen LogP contribution < -0.4 is 14.0 Å². The minimum absolute atomic E-state index is 0.0350. The molecule has 0 aromatic carbocycles. The van der Waals surface area contributed by atoms with Gasteiger partial charge in [-0.1, -0.05) is 0 Å². The van der Waals surface area contributed by atoms with Crippen LogP contribution in [-0.2, 0) is 4.74 Å². The van der Waals surface area contributed by atoms with Crippen LogP contribution in [0.2, 0.25) is 0 Å². The Labute approximate surface area is 162 Å². The topological polar surface area (TPSA) is 66.4 Å². The van der Waals surface area contributed by atoms with E-state index in [1.54, 1.807) is 7.05 Å². The van der Waals surface area contributed by atoms with E-state index in [0.717, 1.165) is 0 Å². The summed E-state index contributed by atoms with van der Waals surface area (Å²) in [6.45, 7) is -1.97. The Morgan fingerprint density at radius 2 is 1.20 bits per heavy atom. The number of aromatic nitrogens is 3. The van der Waals surface area contributed by atoms with Crippen molar-refractivity contribution >= 4 is 13.2 Å². The van der Waals surface area contributed by atoms with Crippen LogP contribution in [0.1, 0.15) is 0 Å². The number of morpholine rings is 1. The normalized spacial score (nSPS) is 17.0. The van der Waals surface area contributed by atoms with Crippen LogP contribution in [0.3, 0.4) is 0 Å². The van der Waals surface area contributed by atoms with E-state index in [1.165, 1.54) is 0 Å². The Bertz CT molecular complexity index is 637. The molecular weight excluding hydrogens is 449 g/mol. The largest absolute Gasteiger partial charge is 0.673 e. The van der Waals surface area contributed by atoms with Crippen molar-refractivity contribution < 1.29 is 57.8 Å². The highest BCUT2D eigenvalue weighted by molar-refractivity contribution is 6.50. The molecule has 1 fully saturated rings. The monoisotopic (exact) mass is 464 g/mol. The second-order valence-corrected chi connectivity index (χ2v) is 5.96. The van der Waals surface area contributed by atoms with Crippen LogP contribution in [0.4, 0.5) is 49.6 Å². The Balaban J connectivity index is 0.000000804. The second-order valence-electron chi connectivity index (χ2n) is 5.96. The molecule has 2 rings (SSSR count). The standard InChI is InChI=1S/C12H15F6N4O3.BF4/c1-22(2-4-23-5-3-22)8-19-9(24-6-11(13,14)15)21-10(20-8)25-7-12(16,17)18;2-1(3,4)5/h2-7H2,1H3;/q+1;-1. The summed E-state index contributed by atoms with van der Waals surface area (Å²) in [5.74, 6) is -0.0624. The molecule has 0 radical (unpaired) electrons. The fourth-order valence-corrected chi connectivity index (χ4v) is 1.94. The molecule has 0 amide bonds. The fraction of sp³-hybridized carbons (Fsp3) is 0.750. The molecule has 0 unspecified atom stereocenters. The summed E-state index contributed by atoms with van der Waals surface area (Å²) in [6.07, 6.45) is -9.31. The highest BCUT2D eigenvalue weighted by Gasteiger charge is 2.35. The van der Waals surface area contributed by atoms with Crippen LogP contribution in [0.5, 0.6) is 12.0 Å². The lowest BCUT2D eigenvalue weighted by Crippen LogP contribution is -2.54. The maximum absolute atomic E-state index is 12.3. The van der Waals surface area contributed by atoms with E-state index in [1.807, 2.05) is 0 Å². The van der Waals surface area contributed by atoms with Crippen molar-refractivity contribution in [3.05, 3.63) is 0 Å². The Kier molecular flexibility index (Phi) is 8.47. The Morgan fingerprint density at radius 1 is 0.833 bits per heavy atom. The summed E-state index contributed by atoms with van der Waals surface area (Å²) in [7, 11) is -4.33. The van der Waals surface area contributed by atoms with Crippen molar-refractivity contribution in [1.82, 2.24) is 19.4 Å². The van der Waals surface area contributed by atoms with Gasteiger partial charge in [-0.2, -0.15) is 26.3 Å². The van der Waals surface area contributed by atoms with E-state index >= 15 is 0 Å². The molecule has 0 N–H and O–H groups in total. The van der Waals surface area contributed by atoms with Crippen molar-refractivity contribution in [3.63, 3.8) is 0 Å². The third-order valence-electron chi connectivity index (χ3n) is 3.25. The molecule has 2 heterocycles. The summed E-state index contributed by atoms with van der Waals surface area (Å²) in [5, 5.41) is 0. The lowest BCUT2D eigenvalue weighted by molar-refractivity contribution is -0.156. The molecule has 18 heteroatoms. The first-order valence-corrected chi connectivity index (χ1v) is 7.92. The molecule has 30 heavy (non-hydrogen) atoms. The van der Waals surface area contributed by atoms with E-state index < -0.39 is 44.8 Å². The first-order chi connectivity index (χ1) is 13.5. The molecule has 1 aromatic heterocycles. The van der Waals surface area contributed by atoms with E-state index in [0.29, 0.717) is 26.3 Å². The van der Waals surface area contributed by atoms with Gasteiger partial charge in [-0.25, -0.2) is 0 Å².